The van der Waals surface area contributed by atoms with Crippen molar-refractivity contribution in [3.63, 3.8) is 0 Å². The average molecular weight is 408 g/mol. The van der Waals surface area contributed by atoms with Crippen LogP contribution in [0.2, 0.25) is 0 Å². The lowest BCUT2D eigenvalue weighted by atomic mass is 10.1. The summed E-state index contributed by atoms with van der Waals surface area (Å²) in [5.74, 6) is -0.286. The van der Waals surface area contributed by atoms with Gasteiger partial charge >= 0.3 is 0 Å². The summed E-state index contributed by atoms with van der Waals surface area (Å²) in [6.07, 6.45) is 3.64. The average Bonchev–Trinajstić information content (AvgIpc) is 3.49. The molecule has 2 aromatic carbocycles. The Bertz CT molecular complexity index is 859. The van der Waals surface area contributed by atoms with Crippen LogP contribution in [0.15, 0.2) is 54.6 Å². The number of likely N-dealkylation sites (tertiary alicyclic amines) is 1. The summed E-state index contributed by atoms with van der Waals surface area (Å²) in [5, 5.41) is 5.95. The number of carbonyl (C=O) groups excluding carboxylic acids is 2. The second-order valence-corrected chi connectivity index (χ2v) is 7.95. The SMILES string of the molecule is O=C(NC[C@@H](c1ccccc1)N1CCCC1)c1cccc(NC(=O)[C@@H]2CCCO2)c1. The standard InChI is InChI=1S/C24H29N3O3/c28-23(19-10-6-11-20(16-19)26-24(29)22-12-7-15-30-22)25-17-21(27-13-4-5-14-27)18-8-2-1-3-9-18/h1-3,6,8-11,16,21-22H,4-5,7,12-15,17H2,(H,25,28)(H,26,29)/t21-,22-/m0/s1. The van der Waals surface area contributed by atoms with Crippen molar-refractivity contribution in [2.45, 2.75) is 37.8 Å². The lowest BCUT2D eigenvalue weighted by Crippen LogP contribution is -2.36. The minimum absolute atomic E-state index is 0.136. The molecule has 2 saturated heterocycles. The van der Waals surface area contributed by atoms with Gasteiger partial charge in [0.25, 0.3) is 11.8 Å². The molecule has 0 aromatic heterocycles. The van der Waals surface area contributed by atoms with Crippen molar-refractivity contribution in [2.24, 2.45) is 0 Å². The van der Waals surface area contributed by atoms with Gasteiger partial charge in [-0.15, -0.1) is 0 Å². The highest BCUT2D eigenvalue weighted by atomic mass is 16.5. The lowest BCUT2D eigenvalue weighted by Gasteiger charge is -2.28. The van der Waals surface area contributed by atoms with Gasteiger partial charge in [0.2, 0.25) is 0 Å². The van der Waals surface area contributed by atoms with E-state index in [2.05, 4.69) is 27.7 Å². The van der Waals surface area contributed by atoms with Crippen LogP contribution in [-0.2, 0) is 9.53 Å². The molecule has 2 aromatic rings. The van der Waals surface area contributed by atoms with Crippen molar-refractivity contribution < 1.29 is 14.3 Å². The number of nitrogens with zero attached hydrogens (tertiary/aromatic N) is 1. The number of benzene rings is 2. The van der Waals surface area contributed by atoms with E-state index in [9.17, 15) is 9.59 Å². The summed E-state index contributed by atoms with van der Waals surface area (Å²) in [6, 6.07) is 17.6. The molecule has 6 heteroatoms. The van der Waals surface area contributed by atoms with Crippen molar-refractivity contribution in [2.75, 3.05) is 31.6 Å². The Morgan fingerprint density at radius 2 is 1.83 bits per heavy atom. The summed E-state index contributed by atoms with van der Waals surface area (Å²) in [7, 11) is 0. The van der Waals surface area contributed by atoms with Crippen LogP contribution in [-0.4, -0.2) is 49.1 Å². The molecule has 2 aliphatic heterocycles. The van der Waals surface area contributed by atoms with Crippen LogP contribution in [0.5, 0.6) is 0 Å². The Hall–Kier alpha value is -2.70. The van der Waals surface area contributed by atoms with Gasteiger partial charge < -0.3 is 15.4 Å². The number of amides is 2. The van der Waals surface area contributed by atoms with Gasteiger partial charge in [0.1, 0.15) is 6.10 Å². The van der Waals surface area contributed by atoms with E-state index in [0.717, 1.165) is 25.9 Å². The van der Waals surface area contributed by atoms with E-state index in [1.807, 2.05) is 18.2 Å². The molecule has 0 bridgehead atoms. The molecule has 2 atom stereocenters. The molecular formula is C24H29N3O3. The first kappa shape index (κ1) is 20.6. The lowest BCUT2D eigenvalue weighted by molar-refractivity contribution is -0.124. The third-order valence-corrected chi connectivity index (χ3v) is 5.84. The number of hydrogen-bond donors (Lipinski definition) is 2. The van der Waals surface area contributed by atoms with Gasteiger partial charge in [-0.2, -0.15) is 0 Å². The quantitative estimate of drug-likeness (QED) is 0.738. The zero-order valence-electron chi connectivity index (χ0n) is 17.2. The van der Waals surface area contributed by atoms with Crippen LogP contribution < -0.4 is 10.6 Å². The summed E-state index contributed by atoms with van der Waals surface area (Å²) in [6.45, 7) is 3.29. The number of nitrogens with one attached hydrogen (secondary N) is 2. The normalized spacial score (nSPS) is 20.1. The molecule has 2 aliphatic rings. The molecule has 2 amide bonds. The maximum Gasteiger partial charge on any atom is 0.253 e. The molecule has 2 fully saturated rings. The number of carbonyl (C=O) groups is 2. The van der Waals surface area contributed by atoms with Crippen LogP contribution in [0.25, 0.3) is 0 Å². The van der Waals surface area contributed by atoms with Gasteiger partial charge in [-0.25, -0.2) is 0 Å². The van der Waals surface area contributed by atoms with E-state index in [4.69, 9.17) is 4.74 Å². The molecule has 2 heterocycles. The monoisotopic (exact) mass is 407 g/mol. The summed E-state index contributed by atoms with van der Waals surface area (Å²) in [4.78, 5) is 27.5. The maximum absolute atomic E-state index is 12.8. The number of ether oxygens (including phenoxy) is 1. The zero-order valence-corrected chi connectivity index (χ0v) is 17.2. The van der Waals surface area contributed by atoms with E-state index < -0.39 is 6.10 Å². The first-order chi connectivity index (χ1) is 14.7. The van der Waals surface area contributed by atoms with Gasteiger partial charge in [0.05, 0.1) is 6.04 Å². The molecule has 0 aliphatic carbocycles. The second-order valence-electron chi connectivity index (χ2n) is 7.95. The van der Waals surface area contributed by atoms with Crippen LogP contribution in [0.3, 0.4) is 0 Å². The van der Waals surface area contributed by atoms with Gasteiger partial charge in [-0.3, -0.25) is 14.5 Å². The minimum Gasteiger partial charge on any atom is -0.368 e. The highest BCUT2D eigenvalue weighted by Gasteiger charge is 2.25. The molecule has 0 saturated carbocycles. The molecule has 0 radical (unpaired) electrons. The van der Waals surface area contributed by atoms with Gasteiger partial charge in [-0.1, -0.05) is 36.4 Å². The van der Waals surface area contributed by atoms with Crippen LogP contribution in [0, 0.1) is 0 Å². The van der Waals surface area contributed by atoms with Crippen molar-refractivity contribution in [3.05, 3.63) is 65.7 Å². The Kier molecular flexibility index (Phi) is 6.77. The Morgan fingerprint density at radius 1 is 1.03 bits per heavy atom. The van der Waals surface area contributed by atoms with Gasteiger partial charge in [-0.05, 0) is 62.5 Å². The third-order valence-electron chi connectivity index (χ3n) is 5.84. The van der Waals surface area contributed by atoms with Crippen LogP contribution in [0.1, 0.15) is 47.6 Å². The van der Waals surface area contributed by atoms with E-state index >= 15 is 0 Å². The molecule has 158 valence electrons. The first-order valence-corrected chi connectivity index (χ1v) is 10.8. The van der Waals surface area contributed by atoms with Crippen molar-refractivity contribution >= 4 is 17.5 Å². The number of hydrogen-bond acceptors (Lipinski definition) is 4. The predicted molar refractivity (Wildman–Crippen MR) is 116 cm³/mol. The second kappa shape index (κ2) is 9.87. The molecule has 2 N–H and O–H groups in total. The van der Waals surface area contributed by atoms with Gasteiger partial charge in [0.15, 0.2) is 0 Å². The molecule has 4 rings (SSSR count). The Morgan fingerprint density at radius 3 is 2.57 bits per heavy atom. The Labute approximate surface area is 177 Å². The van der Waals surface area contributed by atoms with E-state index in [1.165, 1.54) is 18.4 Å². The highest BCUT2D eigenvalue weighted by Crippen LogP contribution is 2.24. The molecule has 0 spiro atoms. The fraction of sp³-hybridized carbons (Fsp3) is 0.417. The Balaban J connectivity index is 1.39. The highest BCUT2D eigenvalue weighted by molar-refractivity contribution is 5.98. The molecule has 30 heavy (non-hydrogen) atoms. The van der Waals surface area contributed by atoms with Crippen molar-refractivity contribution in [1.82, 2.24) is 10.2 Å². The zero-order chi connectivity index (χ0) is 20.8. The molecule has 0 unspecified atom stereocenters. The summed E-state index contributed by atoms with van der Waals surface area (Å²) >= 11 is 0. The molecule has 6 nitrogen and oxygen atoms in total. The first-order valence-electron chi connectivity index (χ1n) is 10.8. The third kappa shape index (κ3) is 5.07. The van der Waals surface area contributed by atoms with Crippen molar-refractivity contribution in [3.8, 4) is 0 Å². The summed E-state index contributed by atoms with van der Waals surface area (Å²) in [5.41, 5.74) is 2.37. The van der Waals surface area contributed by atoms with Crippen molar-refractivity contribution in [1.29, 1.82) is 0 Å². The van der Waals surface area contributed by atoms with E-state index in [-0.39, 0.29) is 17.9 Å². The molecular weight excluding hydrogens is 378 g/mol. The minimum atomic E-state index is -0.394. The summed E-state index contributed by atoms with van der Waals surface area (Å²) < 4.78 is 5.42. The largest absolute Gasteiger partial charge is 0.368 e. The fourth-order valence-electron chi connectivity index (χ4n) is 4.22. The number of anilines is 1. The van der Waals surface area contributed by atoms with Crippen LogP contribution in [0.4, 0.5) is 5.69 Å². The maximum atomic E-state index is 12.8. The smallest absolute Gasteiger partial charge is 0.253 e. The fourth-order valence-corrected chi connectivity index (χ4v) is 4.22. The van der Waals surface area contributed by atoms with Gasteiger partial charge in [0, 0.05) is 24.4 Å². The van der Waals surface area contributed by atoms with E-state index in [1.54, 1.807) is 24.3 Å². The number of rotatable bonds is 7. The van der Waals surface area contributed by atoms with Crippen LogP contribution >= 0.6 is 0 Å². The topological polar surface area (TPSA) is 70.7 Å². The van der Waals surface area contributed by atoms with E-state index in [0.29, 0.717) is 24.4 Å². The predicted octanol–water partition coefficient (Wildman–Crippen LogP) is 3.37.